The van der Waals surface area contributed by atoms with Crippen LogP contribution in [0.5, 0.6) is 0 Å². The summed E-state index contributed by atoms with van der Waals surface area (Å²) in [7, 11) is 0. The Morgan fingerprint density at radius 2 is 2.06 bits per heavy atom. The SMILES string of the molecule is S=C(NCc1ccco1)NNc1ccccc1Cl. The zero-order valence-electron chi connectivity index (χ0n) is 9.44. The van der Waals surface area contributed by atoms with Crippen LogP contribution < -0.4 is 16.2 Å². The van der Waals surface area contributed by atoms with E-state index in [0.29, 0.717) is 16.7 Å². The molecule has 1 aromatic carbocycles. The molecule has 94 valence electrons. The molecule has 0 aliphatic rings. The average Bonchev–Trinajstić information content (AvgIpc) is 2.88. The summed E-state index contributed by atoms with van der Waals surface area (Å²) in [4.78, 5) is 0. The van der Waals surface area contributed by atoms with Gasteiger partial charge in [-0.2, -0.15) is 0 Å². The number of hydrazine groups is 1. The number of halogens is 1. The van der Waals surface area contributed by atoms with Crippen LogP contribution in [-0.2, 0) is 6.54 Å². The minimum atomic E-state index is 0.464. The van der Waals surface area contributed by atoms with Gasteiger partial charge >= 0.3 is 0 Å². The van der Waals surface area contributed by atoms with Crippen molar-refractivity contribution in [1.82, 2.24) is 10.7 Å². The lowest BCUT2D eigenvalue weighted by Gasteiger charge is -2.12. The fourth-order valence-corrected chi connectivity index (χ4v) is 1.62. The highest BCUT2D eigenvalue weighted by molar-refractivity contribution is 7.80. The van der Waals surface area contributed by atoms with E-state index < -0.39 is 0 Å². The number of anilines is 1. The zero-order valence-corrected chi connectivity index (χ0v) is 11.0. The van der Waals surface area contributed by atoms with Gasteiger partial charge in [0.15, 0.2) is 5.11 Å². The van der Waals surface area contributed by atoms with E-state index in [1.165, 1.54) is 0 Å². The van der Waals surface area contributed by atoms with Crippen molar-refractivity contribution in [3.63, 3.8) is 0 Å². The van der Waals surface area contributed by atoms with Crippen molar-refractivity contribution in [2.24, 2.45) is 0 Å². The Kier molecular flexibility index (Phi) is 4.44. The first kappa shape index (κ1) is 12.7. The van der Waals surface area contributed by atoms with Crippen molar-refractivity contribution in [2.75, 3.05) is 5.43 Å². The zero-order chi connectivity index (χ0) is 12.8. The van der Waals surface area contributed by atoms with E-state index in [1.54, 1.807) is 12.3 Å². The highest BCUT2D eigenvalue weighted by Crippen LogP contribution is 2.19. The van der Waals surface area contributed by atoms with Crippen LogP contribution in [0, 0.1) is 0 Å². The van der Waals surface area contributed by atoms with Crippen LogP contribution in [0.4, 0.5) is 5.69 Å². The molecule has 0 atom stereocenters. The Hall–Kier alpha value is -1.72. The van der Waals surface area contributed by atoms with Crippen molar-refractivity contribution < 1.29 is 4.42 Å². The molecule has 18 heavy (non-hydrogen) atoms. The summed E-state index contributed by atoms with van der Waals surface area (Å²) in [5.41, 5.74) is 6.54. The van der Waals surface area contributed by atoms with Gasteiger partial charge in [-0.1, -0.05) is 23.7 Å². The molecule has 0 fully saturated rings. The Morgan fingerprint density at radius 3 is 2.78 bits per heavy atom. The molecule has 6 heteroatoms. The number of hydrogen-bond acceptors (Lipinski definition) is 3. The maximum Gasteiger partial charge on any atom is 0.185 e. The van der Waals surface area contributed by atoms with Crippen LogP contribution in [-0.4, -0.2) is 5.11 Å². The van der Waals surface area contributed by atoms with Gasteiger partial charge in [0, 0.05) is 0 Å². The monoisotopic (exact) mass is 281 g/mol. The predicted molar refractivity (Wildman–Crippen MR) is 76.4 cm³/mol. The molecule has 0 radical (unpaired) electrons. The van der Waals surface area contributed by atoms with E-state index in [2.05, 4.69) is 16.2 Å². The minimum absolute atomic E-state index is 0.464. The van der Waals surface area contributed by atoms with E-state index >= 15 is 0 Å². The number of nitrogens with one attached hydrogen (secondary N) is 3. The molecule has 1 aromatic heterocycles. The third-order valence-corrected chi connectivity index (χ3v) is 2.76. The molecule has 3 N–H and O–H groups in total. The first-order valence-electron chi connectivity index (χ1n) is 5.32. The lowest BCUT2D eigenvalue weighted by atomic mass is 10.3. The number of furan rings is 1. The second-order valence-electron chi connectivity index (χ2n) is 3.49. The predicted octanol–water partition coefficient (Wildman–Crippen LogP) is 2.92. The Labute approximate surface area is 115 Å². The van der Waals surface area contributed by atoms with Crippen LogP contribution >= 0.6 is 23.8 Å². The van der Waals surface area contributed by atoms with Gasteiger partial charge in [-0.05, 0) is 36.5 Å². The lowest BCUT2D eigenvalue weighted by molar-refractivity contribution is 0.503. The largest absolute Gasteiger partial charge is 0.467 e. The third-order valence-electron chi connectivity index (χ3n) is 2.19. The quantitative estimate of drug-likeness (QED) is 0.594. The summed E-state index contributed by atoms with van der Waals surface area (Å²) in [6, 6.07) is 11.1. The third kappa shape index (κ3) is 3.65. The molecule has 0 bridgehead atoms. The summed E-state index contributed by atoms with van der Waals surface area (Å²) in [6.45, 7) is 0.531. The lowest BCUT2D eigenvalue weighted by Crippen LogP contribution is -2.38. The molecular weight excluding hydrogens is 270 g/mol. The Balaban J connectivity index is 1.77. The van der Waals surface area contributed by atoms with Gasteiger partial charge in [0.05, 0.1) is 23.5 Å². The van der Waals surface area contributed by atoms with Gasteiger partial charge in [-0.15, -0.1) is 0 Å². The van der Waals surface area contributed by atoms with Gasteiger partial charge < -0.3 is 9.73 Å². The fourth-order valence-electron chi connectivity index (χ4n) is 1.31. The molecule has 0 aliphatic heterocycles. The molecule has 1 heterocycles. The number of benzene rings is 1. The molecule has 4 nitrogen and oxygen atoms in total. The van der Waals surface area contributed by atoms with Crippen LogP contribution in [0.1, 0.15) is 5.76 Å². The molecule has 0 spiro atoms. The molecule has 0 saturated carbocycles. The standard InChI is InChI=1S/C12H12ClN3OS/c13-10-5-1-2-6-11(10)15-16-12(18)14-8-9-4-3-7-17-9/h1-7,15H,8H2,(H2,14,16,18). The minimum Gasteiger partial charge on any atom is -0.467 e. The summed E-state index contributed by atoms with van der Waals surface area (Å²) in [5.74, 6) is 0.817. The topological polar surface area (TPSA) is 49.2 Å². The molecule has 0 aliphatic carbocycles. The van der Waals surface area contributed by atoms with Crippen LogP contribution in [0.3, 0.4) is 0 Å². The highest BCUT2D eigenvalue weighted by atomic mass is 35.5. The van der Waals surface area contributed by atoms with Crippen molar-refractivity contribution in [3.8, 4) is 0 Å². The number of para-hydroxylation sites is 1. The molecule has 0 saturated heterocycles. The fraction of sp³-hybridized carbons (Fsp3) is 0.0833. The second-order valence-corrected chi connectivity index (χ2v) is 4.31. The van der Waals surface area contributed by atoms with E-state index in [0.717, 1.165) is 11.4 Å². The van der Waals surface area contributed by atoms with Gasteiger partial charge in [0.1, 0.15) is 5.76 Å². The van der Waals surface area contributed by atoms with E-state index in [4.69, 9.17) is 28.2 Å². The number of hydrogen-bond donors (Lipinski definition) is 3. The van der Waals surface area contributed by atoms with E-state index in [1.807, 2.05) is 30.3 Å². The summed E-state index contributed by atoms with van der Waals surface area (Å²) in [6.07, 6.45) is 1.62. The van der Waals surface area contributed by atoms with E-state index in [9.17, 15) is 0 Å². The van der Waals surface area contributed by atoms with Crippen molar-refractivity contribution in [3.05, 3.63) is 53.4 Å². The van der Waals surface area contributed by atoms with Gasteiger partial charge in [-0.25, -0.2) is 0 Å². The smallest absolute Gasteiger partial charge is 0.185 e. The Morgan fingerprint density at radius 1 is 1.22 bits per heavy atom. The molecular formula is C12H12ClN3OS. The van der Waals surface area contributed by atoms with Crippen LogP contribution in [0.2, 0.25) is 5.02 Å². The Bertz CT molecular complexity index is 516. The summed E-state index contributed by atoms with van der Waals surface area (Å²) in [5, 5.41) is 4.08. The summed E-state index contributed by atoms with van der Waals surface area (Å²) >= 11 is 11.1. The van der Waals surface area contributed by atoms with Crippen molar-refractivity contribution >= 4 is 34.6 Å². The second kappa shape index (κ2) is 6.28. The maximum absolute atomic E-state index is 5.98. The number of thiocarbonyl (C=S) groups is 1. The highest BCUT2D eigenvalue weighted by Gasteiger charge is 2.00. The molecule has 0 unspecified atom stereocenters. The first-order chi connectivity index (χ1) is 8.75. The van der Waals surface area contributed by atoms with Gasteiger partial charge in [0.25, 0.3) is 0 Å². The maximum atomic E-state index is 5.98. The van der Waals surface area contributed by atoms with Crippen molar-refractivity contribution in [1.29, 1.82) is 0 Å². The van der Waals surface area contributed by atoms with Crippen LogP contribution in [0.25, 0.3) is 0 Å². The first-order valence-corrected chi connectivity index (χ1v) is 6.11. The van der Waals surface area contributed by atoms with Crippen molar-refractivity contribution in [2.45, 2.75) is 6.54 Å². The average molecular weight is 282 g/mol. The molecule has 2 rings (SSSR count). The van der Waals surface area contributed by atoms with Gasteiger partial charge in [0.2, 0.25) is 0 Å². The number of rotatable bonds is 4. The van der Waals surface area contributed by atoms with Gasteiger partial charge in [-0.3, -0.25) is 10.9 Å². The molecule has 0 amide bonds. The van der Waals surface area contributed by atoms with E-state index in [-0.39, 0.29) is 0 Å². The normalized spacial score (nSPS) is 9.83. The molecule has 2 aromatic rings. The summed E-state index contributed by atoms with van der Waals surface area (Å²) < 4.78 is 5.17. The van der Waals surface area contributed by atoms with Crippen LogP contribution in [0.15, 0.2) is 47.1 Å².